The number of ether oxygens (including phenoxy) is 2. The molecule has 4 rings (SSSR count). The van der Waals surface area contributed by atoms with Crippen molar-refractivity contribution in [2.24, 2.45) is 0 Å². The average molecular weight is 501 g/mol. The molecule has 2 amide bonds. The summed E-state index contributed by atoms with van der Waals surface area (Å²) in [6.45, 7) is 5.13. The van der Waals surface area contributed by atoms with Gasteiger partial charge in [-0.3, -0.25) is 4.79 Å². The maximum Gasteiger partial charge on any atom is 0.407 e. The third-order valence-electron chi connectivity index (χ3n) is 6.05. The number of esters is 1. The third kappa shape index (κ3) is 6.76. The van der Waals surface area contributed by atoms with Gasteiger partial charge < -0.3 is 20.1 Å². The Morgan fingerprint density at radius 1 is 0.838 bits per heavy atom. The van der Waals surface area contributed by atoms with Crippen molar-refractivity contribution in [3.8, 4) is 11.1 Å². The van der Waals surface area contributed by atoms with E-state index in [1.807, 2.05) is 66.7 Å². The van der Waals surface area contributed by atoms with Gasteiger partial charge in [0.25, 0.3) is 0 Å². The molecule has 7 heteroatoms. The maximum atomic E-state index is 12.7. The summed E-state index contributed by atoms with van der Waals surface area (Å²) in [7, 11) is 0. The van der Waals surface area contributed by atoms with E-state index >= 15 is 0 Å². The van der Waals surface area contributed by atoms with Crippen LogP contribution in [-0.4, -0.2) is 42.8 Å². The Morgan fingerprint density at radius 2 is 1.41 bits per heavy atom. The van der Waals surface area contributed by atoms with E-state index in [-0.39, 0.29) is 25.5 Å². The lowest BCUT2D eigenvalue weighted by Gasteiger charge is -2.24. The van der Waals surface area contributed by atoms with Crippen LogP contribution in [0.25, 0.3) is 11.1 Å². The summed E-state index contributed by atoms with van der Waals surface area (Å²) in [6, 6.07) is 24.6. The van der Waals surface area contributed by atoms with Gasteiger partial charge in [-0.25, -0.2) is 9.59 Å². The maximum absolute atomic E-state index is 12.7. The number of hydrogen-bond donors (Lipinski definition) is 2. The van der Waals surface area contributed by atoms with Crippen molar-refractivity contribution in [2.75, 3.05) is 13.2 Å². The summed E-state index contributed by atoms with van der Waals surface area (Å²) in [5.41, 5.74) is 4.67. The number of alkyl carbamates (subject to hydrolysis) is 1. The smallest absolute Gasteiger partial charge is 0.407 e. The first kappa shape index (κ1) is 25.9. The summed E-state index contributed by atoms with van der Waals surface area (Å²) in [6.07, 6.45) is -0.430. The zero-order valence-electron chi connectivity index (χ0n) is 21.3. The number of fused-ring (bicyclic) bond motifs is 3. The number of benzene rings is 3. The minimum atomic E-state index is -0.890. The fourth-order valence-electron chi connectivity index (χ4n) is 4.46. The largest absolute Gasteiger partial charge is 0.458 e. The van der Waals surface area contributed by atoms with Gasteiger partial charge in [0, 0.05) is 12.3 Å². The summed E-state index contributed by atoms with van der Waals surface area (Å²) in [4.78, 5) is 37.8. The van der Waals surface area contributed by atoms with Gasteiger partial charge in [0.1, 0.15) is 24.8 Å². The number of amides is 2. The van der Waals surface area contributed by atoms with Gasteiger partial charge >= 0.3 is 12.1 Å². The molecule has 7 nitrogen and oxygen atoms in total. The first-order valence-corrected chi connectivity index (χ1v) is 12.4. The number of hydrogen-bond acceptors (Lipinski definition) is 5. The summed E-state index contributed by atoms with van der Waals surface area (Å²) >= 11 is 0. The minimum absolute atomic E-state index is 0.0746. The molecule has 1 aliphatic carbocycles. The van der Waals surface area contributed by atoms with E-state index in [4.69, 9.17) is 9.47 Å². The van der Waals surface area contributed by atoms with Crippen LogP contribution in [0.15, 0.2) is 78.9 Å². The molecule has 1 aliphatic rings. The molecule has 37 heavy (non-hydrogen) atoms. The molecule has 2 N–H and O–H groups in total. The predicted molar refractivity (Wildman–Crippen MR) is 141 cm³/mol. The fourth-order valence-corrected chi connectivity index (χ4v) is 4.46. The van der Waals surface area contributed by atoms with E-state index in [9.17, 15) is 14.4 Å². The molecule has 0 spiro atoms. The lowest BCUT2D eigenvalue weighted by molar-refractivity contribution is -0.158. The molecule has 0 saturated heterocycles. The zero-order chi connectivity index (χ0) is 26.4. The molecule has 0 heterocycles. The Hall–Kier alpha value is -4.13. The van der Waals surface area contributed by atoms with Crippen LogP contribution in [0.2, 0.25) is 0 Å². The van der Waals surface area contributed by atoms with E-state index in [0.717, 1.165) is 27.8 Å². The van der Waals surface area contributed by atoms with Gasteiger partial charge in [0.05, 0.1) is 0 Å². The number of carbonyl (C=O) groups is 3. The van der Waals surface area contributed by atoms with Crippen molar-refractivity contribution in [2.45, 2.75) is 44.8 Å². The molecular formula is C30H32N2O5. The lowest BCUT2D eigenvalue weighted by Crippen LogP contribution is -2.48. The molecule has 192 valence electrons. The second-order valence-corrected chi connectivity index (χ2v) is 10.0. The number of rotatable bonds is 8. The van der Waals surface area contributed by atoms with Crippen molar-refractivity contribution >= 4 is 18.0 Å². The van der Waals surface area contributed by atoms with Gasteiger partial charge in [0.15, 0.2) is 0 Å². The lowest BCUT2D eigenvalue weighted by atomic mass is 9.98. The van der Waals surface area contributed by atoms with Gasteiger partial charge in [-0.05, 0) is 48.6 Å². The van der Waals surface area contributed by atoms with E-state index < -0.39 is 29.6 Å². The Bertz CT molecular complexity index is 1220. The van der Waals surface area contributed by atoms with Gasteiger partial charge in [-0.2, -0.15) is 0 Å². The molecule has 0 unspecified atom stereocenters. The third-order valence-corrected chi connectivity index (χ3v) is 6.05. The Labute approximate surface area is 217 Å². The molecule has 1 atom stereocenters. The first-order chi connectivity index (χ1) is 17.7. The first-order valence-electron chi connectivity index (χ1n) is 12.4. The molecule has 3 aromatic carbocycles. The monoisotopic (exact) mass is 500 g/mol. The number of carbonyl (C=O) groups excluding carboxylic acids is 3. The van der Waals surface area contributed by atoms with Crippen LogP contribution in [0, 0.1) is 0 Å². The standard InChI is InChI=1S/C30H32N2O5/c1-30(2,3)37-28(34)26(17-20-11-5-4-6-12-20)32-27(33)18-31-29(35)36-19-25-23-15-9-7-13-21(23)22-14-8-10-16-24(22)25/h4-16,25-26H,17-19H2,1-3H3,(H,31,35)(H,32,33)/t26-/m0/s1. The van der Waals surface area contributed by atoms with Crippen molar-refractivity contribution < 1.29 is 23.9 Å². The molecule has 3 aromatic rings. The fraction of sp³-hybridized carbons (Fsp3) is 0.300. The predicted octanol–water partition coefficient (Wildman–Crippen LogP) is 4.59. The SMILES string of the molecule is CC(C)(C)OC(=O)[C@H](Cc1ccccc1)NC(=O)CNC(=O)OCC1c2ccccc2-c2ccccc21. The molecular weight excluding hydrogens is 468 g/mol. The van der Waals surface area contributed by atoms with Crippen LogP contribution in [-0.2, 0) is 25.5 Å². The van der Waals surface area contributed by atoms with Crippen LogP contribution in [0.3, 0.4) is 0 Å². The van der Waals surface area contributed by atoms with Crippen LogP contribution < -0.4 is 10.6 Å². The van der Waals surface area contributed by atoms with E-state index in [1.54, 1.807) is 20.8 Å². The number of nitrogens with one attached hydrogen (secondary N) is 2. The highest BCUT2D eigenvalue weighted by atomic mass is 16.6. The van der Waals surface area contributed by atoms with Crippen molar-refractivity contribution in [3.63, 3.8) is 0 Å². The molecule has 0 aliphatic heterocycles. The van der Waals surface area contributed by atoms with Crippen LogP contribution in [0.1, 0.15) is 43.4 Å². The second kappa shape index (κ2) is 11.3. The van der Waals surface area contributed by atoms with Crippen molar-refractivity contribution in [3.05, 3.63) is 95.6 Å². The molecule has 0 fully saturated rings. The highest BCUT2D eigenvalue weighted by Crippen LogP contribution is 2.44. The van der Waals surface area contributed by atoms with E-state index in [2.05, 4.69) is 22.8 Å². The van der Waals surface area contributed by atoms with Crippen LogP contribution >= 0.6 is 0 Å². The van der Waals surface area contributed by atoms with E-state index in [1.165, 1.54) is 0 Å². The average Bonchev–Trinajstić information content (AvgIpc) is 3.19. The highest BCUT2D eigenvalue weighted by Gasteiger charge is 2.30. The minimum Gasteiger partial charge on any atom is -0.458 e. The molecule has 0 saturated carbocycles. The van der Waals surface area contributed by atoms with Gasteiger partial charge in [0.2, 0.25) is 5.91 Å². The van der Waals surface area contributed by atoms with Crippen LogP contribution in [0.4, 0.5) is 4.79 Å². The van der Waals surface area contributed by atoms with Crippen molar-refractivity contribution in [1.29, 1.82) is 0 Å². The van der Waals surface area contributed by atoms with Crippen LogP contribution in [0.5, 0.6) is 0 Å². The Kier molecular flexibility index (Phi) is 7.92. The summed E-state index contributed by atoms with van der Waals surface area (Å²) in [5.74, 6) is -1.12. The second-order valence-electron chi connectivity index (χ2n) is 10.0. The topological polar surface area (TPSA) is 93.7 Å². The Balaban J connectivity index is 1.32. The summed E-state index contributed by atoms with van der Waals surface area (Å²) in [5, 5.41) is 5.17. The highest BCUT2D eigenvalue weighted by molar-refractivity contribution is 5.87. The van der Waals surface area contributed by atoms with Crippen molar-refractivity contribution in [1.82, 2.24) is 10.6 Å². The van der Waals surface area contributed by atoms with Gasteiger partial charge in [-0.15, -0.1) is 0 Å². The van der Waals surface area contributed by atoms with Gasteiger partial charge in [-0.1, -0.05) is 78.9 Å². The quantitative estimate of drug-likeness (QED) is 0.441. The molecule has 0 bridgehead atoms. The molecule has 0 aromatic heterocycles. The zero-order valence-corrected chi connectivity index (χ0v) is 21.3. The normalized spacial score (nSPS) is 13.2. The Morgan fingerprint density at radius 3 is 2.00 bits per heavy atom. The van der Waals surface area contributed by atoms with E-state index in [0.29, 0.717) is 0 Å². The summed E-state index contributed by atoms with van der Waals surface area (Å²) < 4.78 is 11.0. The molecule has 0 radical (unpaired) electrons.